The van der Waals surface area contributed by atoms with Gasteiger partial charge in [0.15, 0.2) is 0 Å². The SMILES string of the molecule is O=C(Cl)C1c2ccc(Cl)c(Cl)c21. The summed E-state index contributed by atoms with van der Waals surface area (Å²) in [6.07, 6.45) is 0. The number of hydrogen-bond acceptors (Lipinski definition) is 1. The van der Waals surface area contributed by atoms with E-state index in [9.17, 15) is 4.79 Å². The van der Waals surface area contributed by atoms with E-state index in [1.54, 1.807) is 12.1 Å². The Hall–Kier alpha value is -0.240. The molecule has 1 unspecified atom stereocenters. The third kappa shape index (κ3) is 1.05. The van der Waals surface area contributed by atoms with Crippen molar-refractivity contribution in [3.8, 4) is 0 Å². The van der Waals surface area contributed by atoms with Crippen LogP contribution in [-0.4, -0.2) is 5.24 Å². The molecule has 1 aliphatic rings. The molecule has 1 nitrogen and oxygen atoms in total. The highest BCUT2D eigenvalue weighted by molar-refractivity contribution is 6.66. The summed E-state index contributed by atoms with van der Waals surface area (Å²) in [5.41, 5.74) is 1.67. The van der Waals surface area contributed by atoms with Crippen molar-refractivity contribution in [2.24, 2.45) is 0 Å². The smallest absolute Gasteiger partial charge is 0.233 e. The Bertz CT molecular complexity index is 373. The summed E-state index contributed by atoms with van der Waals surface area (Å²) in [5, 5.41) is 0.526. The maximum absolute atomic E-state index is 10.8. The van der Waals surface area contributed by atoms with E-state index in [1.807, 2.05) is 0 Å². The van der Waals surface area contributed by atoms with E-state index < -0.39 is 5.24 Å². The Kier molecular flexibility index (Phi) is 1.83. The number of fused-ring (bicyclic) bond motifs is 1. The van der Waals surface area contributed by atoms with Gasteiger partial charge in [0.1, 0.15) is 0 Å². The fourth-order valence-electron chi connectivity index (χ4n) is 1.28. The van der Waals surface area contributed by atoms with E-state index in [0.29, 0.717) is 10.0 Å². The molecule has 0 aliphatic heterocycles. The number of hydrogen-bond donors (Lipinski definition) is 0. The zero-order chi connectivity index (χ0) is 8.88. The van der Waals surface area contributed by atoms with Gasteiger partial charge in [-0.2, -0.15) is 0 Å². The summed E-state index contributed by atoms with van der Waals surface area (Å²) in [6.45, 7) is 0. The summed E-state index contributed by atoms with van der Waals surface area (Å²) in [7, 11) is 0. The molecule has 62 valence electrons. The van der Waals surface area contributed by atoms with Crippen LogP contribution in [0, 0.1) is 0 Å². The van der Waals surface area contributed by atoms with Crippen molar-refractivity contribution >= 4 is 40.0 Å². The molecule has 1 aromatic rings. The van der Waals surface area contributed by atoms with Gasteiger partial charge in [-0.15, -0.1) is 0 Å². The number of benzene rings is 1. The summed E-state index contributed by atoms with van der Waals surface area (Å²) in [6, 6.07) is 3.44. The molecule has 0 radical (unpaired) electrons. The summed E-state index contributed by atoms with van der Waals surface area (Å²) >= 11 is 16.9. The van der Waals surface area contributed by atoms with Crippen LogP contribution in [0.5, 0.6) is 0 Å². The average Bonchev–Trinajstić information content (AvgIpc) is 2.71. The highest BCUT2D eigenvalue weighted by Gasteiger charge is 2.40. The second-order valence-electron chi connectivity index (χ2n) is 2.60. The van der Waals surface area contributed by atoms with Crippen molar-refractivity contribution in [2.75, 3.05) is 0 Å². The van der Waals surface area contributed by atoms with Gasteiger partial charge in [-0.25, -0.2) is 0 Å². The molecular formula is C8H3Cl3O. The highest BCUT2D eigenvalue weighted by atomic mass is 35.5. The molecule has 0 bridgehead atoms. The first-order valence-electron chi connectivity index (χ1n) is 3.30. The molecule has 0 heterocycles. The van der Waals surface area contributed by atoms with Crippen LogP contribution in [0.15, 0.2) is 12.1 Å². The van der Waals surface area contributed by atoms with Crippen LogP contribution in [0.1, 0.15) is 17.0 Å². The number of carbonyl (C=O) groups is 1. The second-order valence-corrected chi connectivity index (χ2v) is 3.76. The van der Waals surface area contributed by atoms with Crippen LogP contribution in [0.3, 0.4) is 0 Å². The average molecular weight is 221 g/mol. The Morgan fingerprint density at radius 2 is 2.00 bits per heavy atom. The van der Waals surface area contributed by atoms with Gasteiger partial charge in [0.25, 0.3) is 0 Å². The van der Waals surface area contributed by atoms with Crippen LogP contribution < -0.4 is 0 Å². The van der Waals surface area contributed by atoms with Crippen LogP contribution in [-0.2, 0) is 4.79 Å². The lowest BCUT2D eigenvalue weighted by atomic mass is 10.4. The first-order valence-corrected chi connectivity index (χ1v) is 4.43. The molecule has 0 amide bonds. The molecule has 0 spiro atoms. The lowest BCUT2D eigenvalue weighted by Gasteiger charge is -1.89. The number of rotatable bonds is 1. The molecule has 0 saturated heterocycles. The van der Waals surface area contributed by atoms with E-state index in [1.165, 1.54) is 0 Å². The van der Waals surface area contributed by atoms with Crippen LogP contribution in [0.4, 0.5) is 0 Å². The predicted octanol–water partition coefficient (Wildman–Crippen LogP) is 3.20. The van der Waals surface area contributed by atoms with Gasteiger partial charge in [-0.1, -0.05) is 29.3 Å². The quantitative estimate of drug-likeness (QED) is 0.666. The van der Waals surface area contributed by atoms with Crippen LogP contribution in [0.2, 0.25) is 10.0 Å². The Balaban J connectivity index is 2.49. The standard InChI is InChI=1S/C8H3Cl3O/c9-4-2-1-3-5(7(4)10)6(3)8(11)12/h1-2,6H. The third-order valence-electron chi connectivity index (χ3n) is 1.91. The maximum Gasteiger partial charge on any atom is 0.233 e. The van der Waals surface area contributed by atoms with Crippen molar-refractivity contribution in [2.45, 2.75) is 5.92 Å². The molecule has 0 fully saturated rings. The molecule has 4 heteroatoms. The molecular weight excluding hydrogens is 218 g/mol. The Labute approximate surface area is 84.2 Å². The Morgan fingerprint density at radius 3 is 2.58 bits per heavy atom. The second kappa shape index (κ2) is 2.63. The highest BCUT2D eigenvalue weighted by Crippen LogP contribution is 2.51. The molecule has 1 atom stereocenters. The zero-order valence-electron chi connectivity index (χ0n) is 5.77. The molecule has 1 aliphatic carbocycles. The first kappa shape index (κ1) is 8.36. The van der Waals surface area contributed by atoms with Gasteiger partial charge in [-0.3, -0.25) is 4.79 Å². The van der Waals surface area contributed by atoms with Gasteiger partial charge in [0.05, 0.1) is 16.0 Å². The van der Waals surface area contributed by atoms with Gasteiger partial charge in [0.2, 0.25) is 5.24 Å². The number of carbonyl (C=O) groups excluding carboxylic acids is 1. The zero-order valence-corrected chi connectivity index (χ0v) is 8.04. The minimum atomic E-state index is -0.394. The summed E-state index contributed by atoms with van der Waals surface area (Å²) in [5.74, 6) is -0.313. The fourth-order valence-corrected chi connectivity index (χ4v) is 1.95. The normalized spacial score (nSPS) is 18.8. The molecule has 2 rings (SSSR count). The van der Waals surface area contributed by atoms with Crippen LogP contribution >= 0.6 is 34.8 Å². The predicted molar refractivity (Wildman–Crippen MR) is 49.2 cm³/mol. The first-order chi connectivity index (χ1) is 5.63. The summed E-state index contributed by atoms with van der Waals surface area (Å²) < 4.78 is 0. The van der Waals surface area contributed by atoms with Gasteiger partial charge < -0.3 is 0 Å². The molecule has 0 saturated carbocycles. The largest absolute Gasteiger partial charge is 0.280 e. The van der Waals surface area contributed by atoms with E-state index in [-0.39, 0.29) is 5.92 Å². The van der Waals surface area contributed by atoms with E-state index in [0.717, 1.165) is 11.1 Å². The monoisotopic (exact) mass is 220 g/mol. The van der Waals surface area contributed by atoms with Crippen molar-refractivity contribution < 1.29 is 4.79 Å². The van der Waals surface area contributed by atoms with Crippen molar-refractivity contribution in [1.82, 2.24) is 0 Å². The Morgan fingerprint density at radius 1 is 1.33 bits per heavy atom. The van der Waals surface area contributed by atoms with Crippen LogP contribution in [0.25, 0.3) is 0 Å². The minimum absolute atomic E-state index is 0.313. The van der Waals surface area contributed by atoms with Crippen molar-refractivity contribution in [1.29, 1.82) is 0 Å². The van der Waals surface area contributed by atoms with Crippen molar-refractivity contribution in [3.63, 3.8) is 0 Å². The van der Waals surface area contributed by atoms with Gasteiger partial charge >= 0.3 is 0 Å². The fraction of sp³-hybridized carbons (Fsp3) is 0.125. The topological polar surface area (TPSA) is 17.1 Å². The third-order valence-corrected chi connectivity index (χ3v) is 2.95. The van der Waals surface area contributed by atoms with Gasteiger partial charge in [0, 0.05) is 0 Å². The molecule has 0 N–H and O–H groups in total. The van der Waals surface area contributed by atoms with E-state index >= 15 is 0 Å². The lowest BCUT2D eigenvalue weighted by Crippen LogP contribution is -1.85. The van der Waals surface area contributed by atoms with E-state index in [4.69, 9.17) is 34.8 Å². The van der Waals surface area contributed by atoms with Gasteiger partial charge in [-0.05, 0) is 28.8 Å². The summed E-state index contributed by atoms with van der Waals surface area (Å²) in [4.78, 5) is 10.8. The molecule has 12 heavy (non-hydrogen) atoms. The number of halogens is 3. The van der Waals surface area contributed by atoms with E-state index in [2.05, 4.69) is 0 Å². The van der Waals surface area contributed by atoms with Crippen molar-refractivity contribution in [3.05, 3.63) is 33.3 Å². The molecule has 1 aromatic carbocycles. The maximum atomic E-state index is 10.8. The minimum Gasteiger partial charge on any atom is -0.280 e. The molecule has 0 aromatic heterocycles. The lowest BCUT2D eigenvalue weighted by molar-refractivity contribution is -0.111.